The highest BCUT2D eigenvalue weighted by atomic mass is 35.5. The van der Waals surface area contributed by atoms with Gasteiger partial charge in [0.2, 0.25) is 0 Å². The van der Waals surface area contributed by atoms with Crippen molar-refractivity contribution in [3.05, 3.63) is 58.1 Å². The van der Waals surface area contributed by atoms with Gasteiger partial charge in [-0.3, -0.25) is 0 Å². The lowest BCUT2D eigenvalue weighted by Gasteiger charge is -2.49. The van der Waals surface area contributed by atoms with E-state index in [0.717, 1.165) is 11.1 Å². The van der Waals surface area contributed by atoms with E-state index >= 15 is 0 Å². The Bertz CT molecular complexity index is 910. The number of aryl methyl sites for hydroxylation is 1. The molecule has 5 nitrogen and oxygen atoms in total. The largest absolute Gasteiger partial charge is 0.506 e. The normalized spacial score (nSPS) is 25.9. The maximum absolute atomic E-state index is 12.3. The van der Waals surface area contributed by atoms with Gasteiger partial charge in [0.1, 0.15) is 11.5 Å². The third-order valence-electron chi connectivity index (χ3n) is 5.29. The first-order valence-electron chi connectivity index (χ1n) is 9.05. The molecule has 0 saturated carbocycles. The Morgan fingerprint density at radius 1 is 1.19 bits per heavy atom. The minimum Gasteiger partial charge on any atom is -0.506 e. The number of benzene rings is 2. The molecule has 2 aromatic rings. The van der Waals surface area contributed by atoms with Crippen LogP contribution >= 0.6 is 11.6 Å². The molecular weight excluding hydrogens is 364 g/mol. The molecule has 2 unspecified atom stereocenters. The summed E-state index contributed by atoms with van der Waals surface area (Å²) in [6.45, 7) is 6.01. The van der Waals surface area contributed by atoms with Crippen LogP contribution < -0.4 is 15.4 Å². The Morgan fingerprint density at radius 2 is 1.89 bits per heavy atom. The number of carbonyl (C=O) groups is 1. The molecule has 2 amide bonds. The molecule has 2 aromatic carbocycles. The number of aromatic hydroxyl groups is 1. The third-order valence-corrected chi connectivity index (χ3v) is 5.60. The van der Waals surface area contributed by atoms with E-state index in [1.165, 1.54) is 5.56 Å². The first-order valence-corrected chi connectivity index (χ1v) is 9.43. The van der Waals surface area contributed by atoms with E-state index in [9.17, 15) is 9.90 Å². The molecule has 1 saturated heterocycles. The average molecular weight is 387 g/mol. The van der Waals surface area contributed by atoms with E-state index in [1.807, 2.05) is 20.8 Å². The van der Waals surface area contributed by atoms with Gasteiger partial charge >= 0.3 is 6.03 Å². The number of urea groups is 1. The van der Waals surface area contributed by atoms with Crippen LogP contribution in [0.15, 0.2) is 36.4 Å². The Labute approximate surface area is 163 Å². The summed E-state index contributed by atoms with van der Waals surface area (Å²) in [5, 5.41) is 16.3. The fraction of sp³-hybridized carbons (Fsp3) is 0.381. The zero-order chi connectivity index (χ0) is 19.4. The van der Waals surface area contributed by atoms with E-state index < -0.39 is 11.3 Å². The summed E-state index contributed by atoms with van der Waals surface area (Å²) in [6, 6.07) is 11.4. The summed E-state index contributed by atoms with van der Waals surface area (Å²) in [5.41, 5.74) is 1.95. The van der Waals surface area contributed by atoms with E-state index in [1.54, 1.807) is 12.1 Å². The second-order valence-electron chi connectivity index (χ2n) is 8.24. The first kappa shape index (κ1) is 18.0. The van der Waals surface area contributed by atoms with Crippen LogP contribution in [0.5, 0.6) is 11.5 Å². The van der Waals surface area contributed by atoms with E-state index in [2.05, 4.69) is 34.9 Å². The van der Waals surface area contributed by atoms with Crippen LogP contribution in [-0.2, 0) is 0 Å². The van der Waals surface area contributed by atoms with Gasteiger partial charge in [-0.2, -0.15) is 0 Å². The summed E-state index contributed by atoms with van der Waals surface area (Å²) < 4.78 is 6.29. The van der Waals surface area contributed by atoms with Crippen molar-refractivity contribution in [3.63, 3.8) is 0 Å². The molecule has 1 spiro atoms. The number of phenolic OH excluding ortho intramolecular Hbond substituents is 1. The number of rotatable bonds is 1. The van der Waals surface area contributed by atoms with Gasteiger partial charge in [0.25, 0.3) is 0 Å². The van der Waals surface area contributed by atoms with E-state index in [0.29, 0.717) is 23.6 Å². The van der Waals surface area contributed by atoms with Crippen molar-refractivity contribution in [2.75, 3.05) is 0 Å². The van der Waals surface area contributed by atoms with Crippen LogP contribution in [0.3, 0.4) is 0 Å². The van der Waals surface area contributed by atoms with E-state index in [-0.39, 0.29) is 17.7 Å². The highest BCUT2D eigenvalue weighted by Gasteiger charge is 2.49. The van der Waals surface area contributed by atoms with Crippen LogP contribution in [0.1, 0.15) is 49.3 Å². The molecule has 6 heteroatoms. The van der Waals surface area contributed by atoms with Crippen molar-refractivity contribution in [3.8, 4) is 11.5 Å². The molecule has 4 rings (SSSR count). The molecule has 2 aliphatic rings. The number of amides is 2. The summed E-state index contributed by atoms with van der Waals surface area (Å²) in [6.07, 6.45) is 1.18. The maximum atomic E-state index is 12.3. The molecule has 2 atom stereocenters. The molecule has 3 N–H and O–H groups in total. The number of hydrogen-bond acceptors (Lipinski definition) is 3. The van der Waals surface area contributed by atoms with E-state index in [4.69, 9.17) is 16.3 Å². The molecule has 2 heterocycles. The second-order valence-corrected chi connectivity index (χ2v) is 8.65. The molecule has 0 aromatic heterocycles. The number of fused-ring (bicyclic) bond motifs is 1. The summed E-state index contributed by atoms with van der Waals surface area (Å²) in [7, 11) is 0. The fourth-order valence-electron chi connectivity index (χ4n) is 4.24. The second kappa shape index (κ2) is 6.06. The predicted molar refractivity (Wildman–Crippen MR) is 104 cm³/mol. The van der Waals surface area contributed by atoms with Crippen LogP contribution in [0.25, 0.3) is 0 Å². The summed E-state index contributed by atoms with van der Waals surface area (Å²) >= 11 is 6.18. The van der Waals surface area contributed by atoms with Gasteiger partial charge in [-0.15, -0.1) is 0 Å². The van der Waals surface area contributed by atoms with Gasteiger partial charge in [0, 0.05) is 35.9 Å². The number of halogens is 1. The molecule has 0 aliphatic carbocycles. The van der Waals surface area contributed by atoms with Crippen molar-refractivity contribution in [2.24, 2.45) is 0 Å². The monoisotopic (exact) mass is 386 g/mol. The molecule has 0 radical (unpaired) electrons. The summed E-state index contributed by atoms with van der Waals surface area (Å²) in [4.78, 5) is 12.3. The van der Waals surface area contributed by atoms with Crippen LogP contribution in [0, 0.1) is 6.92 Å². The smallest absolute Gasteiger partial charge is 0.318 e. The van der Waals surface area contributed by atoms with Gasteiger partial charge in [-0.05, 0) is 32.4 Å². The number of hydrogen-bond donors (Lipinski definition) is 3. The minimum atomic E-state index is -0.853. The van der Waals surface area contributed by atoms with Gasteiger partial charge in [-0.25, -0.2) is 4.79 Å². The summed E-state index contributed by atoms with van der Waals surface area (Å²) in [5.74, 6) is 0.503. The lowest BCUT2D eigenvalue weighted by Crippen LogP contribution is -2.69. The zero-order valence-electron chi connectivity index (χ0n) is 15.6. The van der Waals surface area contributed by atoms with Crippen molar-refractivity contribution in [1.29, 1.82) is 0 Å². The quantitative estimate of drug-likeness (QED) is 0.678. The number of phenols is 1. The van der Waals surface area contributed by atoms with Crippen LogP contribution in [0.2, 0.25) is 5.02 Å². The maximum Gasteiger partial charge on any atom is 0.318 e. The molecule has 1 fully saturated rings. The Balaban J connectivity index is 1.84. The lowest BCUT2D eigenvalue weighted by molar-refractivity contribution is -0.0236. The standard InChI is InChI=1S/C21H23ClN2O3/c1-12-4-6-13(7-5-12)15-10-21(11-20(2,3)23-19(26)24-21)27-18-9-17(25)16(22)8-14(15)18/h4-9,15,25H,10-11H2,1-3H3,(H2,23,24,26). The van der Waals surface area contributed by atoms with Crippen molar-refractivity contribution >= 4 is 17.6 Å². The number of carbonyl (C=O) groups excluding carboxylic acids is 1. The molecular formula is C21H23ClN2O3. The highest BCUT2D eigenvalue weighted by molar-refractivity contribution is 6.32. The molecule has 0 bridgehead atoms. The first-order chi connectivity index (χ1) is 12.7. The Kier molecular flexibility index (Phi) is 4.04. The van der Waals surface area contributed by atoms with Gasteiger partial charge < -0.3 is 20.5 Å². The van der Waals surface area contributed by atoms with Crippen molar-refractivity contribution in [1.82, 2.24) is 10.6 Å². The molecule has 27 heavy (non-hydrogen) atoms. The SMILES string of the molecule is Cc1ccc(C2CC3(CC(C)(C)NC(=O)N3)Oc3cc(O)c(Cl)cc32)cc1. The van der Waals surface area contributed by atoms with Gasteiger partial charge in [0.05, 0.1) is 5.02 Å². The van der Waals surface area contributed by atoms with Crippen molar-refractivity contribution in [2.45, 2.75) is 50.8 Å². The Hall–Kier alpha value is -2.40. The topological polar surface area (TPSA) is 70.6 Å². The predicted octanol–water partition coefficient (Wildman–Crippen LogP) is 4.45. The molecule has 2 aliphatic heterocycles. The average Bonchev–Trinajstić information content (AvgIpc) is 2.54. The number of nitrogens with one attached hydrogen (secondary N) is 2. The minimum absolute atomic E-state index is 0.0124. The zero-order valence-corrected chi connectivity index (χ0v) is 16.4. The number of ether oxygens (including phenoxy) is 1. The highest BCUT2D eigenvalue weighted by Crippen LogP contribution is 2.49. The third kappa shape index (κ3) is 3.32. The Morgan fingerprint density at radius 3 is 2.56 bits per heavy atom. The molecule has 142 valence electrons. The fourth-order valence-corrected chi connectivity index (χ4v) is 4.41. The van der Waals surface area contributed by atoms with Crippen LogP contribution in [-0.4, -0.2) is 22.4 Å². The van der Waals surface area contributed by atoms with Gasteiger partial charge in [0.15, 0.2) is 5.72 Å². The van der Waals surface area contributed by atoms with Crippen LogP contribution in [0.4, 0.5) is 4.79 Å². The van der Waals surface area contributed by atoms with Crippen molar-refractivity contribution < 1.29 is 14.6 Å². The van der Waals surface area contributed by atoms with Gasteiger partial charge in [-0.1, -0.05) is 41.4 Å². The lowest BCUT2D eigenvalue weighted by atomic mass is 9.77.